The van der Waals surface area contributed by atoms with Crippen LogP contribution in [0.1, 0.15) is 0 Å². The fourth-order valence-electron chi connectivity index (χ4n) is 0.306. The second-order valence-electron chi connectivity index (χ2n) is 1.93. The average Bonchev–Trinajstić information content (AvgIpc) is 1.84. The average molecular weight is 249 g/mol. The summed E-state index contributed by atoms with van der Waals surface area (Å²) in [5, 5.41) is 9.27. The number of carbonyl (C=O) groups excluding carboxylic acids is 1. The lowest BCUT2D eigenvalue weighted by Crippen LogP contribution is -2.60. The molecule has 0 aliphatic carbocycles. The van der Waals surface area contributed by atoms with Gasteiger partial charge in [-0.15, -0.1) is 0 Å². The number of carbonyl (C=O) groups is 1. The van der Waals surface area contributed by atoms with Gasteiger partial charge in [-0.1, -0.05) is 0 Å². The zero-order chi connectivity index (χ0) is 11.1. The van der Waals surface area contributed by atoms with Crippen LogP contribution in [-0.2, 0) is 4.79 Å². The molecular formula is C4H6F7NO3. The van der Waals surface area contributed by atoms with Crippen LogP contribution in [0.2, 0.25) is 0 Å². The van der Waals surface area contributed by atoms with Crippen LogP contribution in [0.5, 0.6) is 0 Å². The van der Waals surface area contributed by atoms with Gasteiger partial charge in [-0.3, -0.25) is 0 Å². The maximum atomic E-state index is 11.7. The molecule has 0 radical (unpaired) electrons. The summed E-state index contributed by atoms with van der Waals surface area (Å²) >= 11 is 0. The van der Waals surface area contributed by atoms with Gasteiger partial charge in [-0.05, 0) is 0 Å². The number of rotatable bonds is 2. The van der Waals surface area contributed by atoms with E-state index in [1.54, 1.807) is 0 Å². The Hall–Kier alpha value is -1.10. The molecular weight excluding hydrogens is 243 g/mol. The third kappa shape index (κ3) is 2.92. The van der Waals surface area contributed by atoms with Crippen LogP contribution in [0.3, 0.4) is 0 Å². The van der Waals surface area contributed by atoms with Crippen molar-refractivity contribution in [1.29, 1.82) is 0 Å². The van der Waals surface area contributed by atoms with Gasteiger partial charge in [-0.2, -0.15) is 30.7 Å². The number of carboxylic acid groups (broad SMARTS) is 1. The van der Waals surface area contributed by atoms with E-state index in [1.165, 1.54) is 0 Å². The van der Waals surface area contributed by atoms with Crippen molar-refractivity contribution in [2.45, 2.75) is 18.0 Å². The summed E-state index contributed by atoms with van der Waals surface area (Å²) in [5.74, 6) is -16.7. The zero-order valence-corrected chi connectivity index (χ0v) is 6.96. The normalized spacial score (nSPS) is 12.5. The minimum Gasteiger partial charge on any atom is -0.544 e. The van der Waals surface area contributed by atoms with E-state index < -0.39 is 24.0 Å². The highest BCUT2D eigenvalue weighted by Gasteiger charge is 2.73. The summed E-state index contributed by atoms with van der Waals surface area (Å²) in [7, 11) is 0. The molecule has 0 aliphatic rings. The number of carboxylic acids is 1. The second-order valence-corrected chi connectivity index (χ2v) is 1.93. The van der Waals surface area contributed by atoms with Crippen molar-refractivity contribution in [3.63, 3.8) is 0 Å². The van der Waals surface area contributed by atoms with E-state index in [9.17, 15) is 40.6 Å². The highest BCUT2D eigenvalue weighted by molar-refractivity contribution is 5.74. The number of alkyl halides is 7. The van der Waals surface area contributed by atoms with Crippen LogP contribution in [0.15, 0.2) is 0 Å². The number of quaternary nitrogens is 1. The molecule has 11 heteroatoms. The molecule has 0 rings (SSSR count). The third-order valence-electron chi connectivity index (χ3n) is 1.01. The first kappa shape index (κ1) is 19.5. The molecule has 0 amide bonds. The van der Waals surface area contributed by atoms with E-state index in [0.717, 1.165) is 0 Å². The maximum absolute atomic E-state index is 11.7. The Labute approximate surface area is 77.6 Å². The zero-order valence-electron chi connectivity index (χ0n) is 6.96. The monoisotopic (exact) mass is 249 g/mol. The van der Waals surface area contributed by atoms with E-state index in [1.807, 2.05) is 0 Å². The molecule has 0 bridgehead atoms. The SMILES string of the molecule is O.O=C([O-])C(F)(F)C(F)(F)C(F)(F)F.[NH4+]. The summed E-state index contributed by atoms with van der Waals surface area (Å²) in [6.07, 6.45) is -6.64. The Morgan fingerprint density at radius 2 is 1.20 bits per heavy atom. The molecule has 0 aliphatic heterocycles. The van der Waals surface area contributed by atoms with Crippen LogP contribution >= 0.6 is 0 Å². The largest absolute Gasteiger partial charge is 0.544 e. The molecule has 0 aromatic heterocycles. The molecule has 0 aromatic rings. The number of halogens is 7. The first-order valence-electron chi connectivity index (χ1n) is 2.48. The van der Waals surface area contributed by atoms with Gasteiger partial charge in [0.15, 0.2) is 0 Å². The van der Waals surface area contributed by atoms with Crippen LogP contribution in [0.25, 0.3) is 0 Å². The Morgan fingerprint density at radius 1 is 0.933 bits per heavy atom. The Kier molecular flexibility index (Phi) is 5.99. The fraction of sp³-hybridized carbons (Fsp3) is 0.750. The minimum atomic E-state index is -6.64. The van der Waals surface area contributed by atoms with E-state index in [2.05, 4.69) is 0 Å². The first-order valence-corrected chi connectivity index (χ1v) is 2.48. The molecule has 0 fully saturated rings. The van der Waals surface area contributed by atoms with Gasteiger partial charge in [0.1, 0.15) is 5.97 Å². The van der Waals surface area contributed by atoms with Gasteiger partial charge in [0, 0.05) is 0 Å². The van der Waals surface area contributed by atoms with Crippen LogP contribution in [0, 0.1) is 0 Å². The van der Waals surface area contributed by atoms with Crippen LogP contribution < -0.4 is 11.3 Å². The number of hydrogen-bond acceptors (Lipinski definition) is 2. The summed E-state index contributed by atoms with van der Waals surface area (Å²) < 4.78 is 80.2. The van der Waals surface area contributed by atoms with Gasteiger partial charge in [-0.25, -0.2) is 0 Å². The molecule has 15 heavy (non-hydrogen) atoms. The van der Waals surface area contributed by atoms with Gasteiger partial charge < -0.3 is 21.5 Å². The van der Waals surface area contributed by atoms with Crippen molar-refractivity contribution in [3.8, 4) is 0 Å². The second kappa shape index (κ2) is 4.61. The molecule has 6 N–H and O–H groups in total. The maximum Gasteiger partial charge on any atom is 0.460 e. The van der Waals surface area contributed by atoms with Crippen molar-refractivity contribution >= 4 is 5.97 Å². The van der Waals surface area contributed by atoms with Gasteiger partial charge in [0.05, 0.1) is 0 Å². The lowest BCUT2D eigenvalue weighted by molar-refractivity contribution is -0.387. The highest BCUT2D eigenvalue weighted by Crippen LogP contribution is 2.45. The predicted molar refractivity (Wildman–Crippen MR) is 30.6 cm³/mol. The third-order valence-corrected chi connectivity index (χ3v) is 1.01. The number of aliphatic carboxylic acids is 1. The molecule has 0 spiro atoms. The summed E-state index contributed by atoms with van der Waals surface area (Å²) in [6, 6.07) is 0. The highest BCUT2D eigenvalue weighted by atomic mass is 19.4. The van der Waals surface area contributed by atoms with Crippen molar-refractivity contribution in [3.05, 3.63) is 0 Å². The van der Waals surface area contributed by atoms with Crippen molar-refractivity contribution in [2.24, 2.45) is 0 Å². The van der Waals surface area contributed by atoms with Crippen LogP contribution in [-0.4, -0.2) is 29.5 Å². The first-order chi connectivity index (χ1) is 5.44. The Bertz CT molecular complexity index is 225. The summed E-state index contributed by atoms with van der Waals surface area (Å²) in [6.45, 7) is 0. The van der Waals surface area contributed by atoms with E-state index in [0.29, 0.717) is 0 Å². The standard InChI is InChI=1S/C4HF7O2.H3N.H2O/c5-2(6,1(12)13)3(7,8)4(9,10)11;;/h(H,12,13);1H3;1H2. The molecule has 94 valence electrons. The topological polar surface area (TPSA) is 108 Å². The lowest BCUT2D eigenvalue weighted by Gasteiger charge is -2.28. The number of hydrogen-bond donors (Lipinski definition) is 1. The van der Waals surface area contributed by atoms with Gasteiger partial charge >= 0.3 is 18.0 Å². The van der Waals surface area contributed by atoms with Crippen LogP contribution in [0.4, 0.5) is 30.7 Å². The van der Waals surface area contributed by atoms with Gasteiger partial charge in [0.2, 0.25) is 0 Å². The Balaban J connectivity index is -0.000000720. The Morgan fingerprint density at radius 3 is 1.27 bits per heavy atom. The molecule has 0 heterocycles. The van der Waals surface area contributed by atoms with Gasteiger partial charge in [0.25, 0.3) is 0 Å². The molecule has 0 atom stereocenters. The lowest BCUT2D eigenvalue weighted by atomic mass is 10.1. The van der Waals surface area contributed by atoms with Crippen molar-refractivity contribution in [1.82, 2.24) is 6.15 Å². The molecule has 4 nitrogen and oxygen atoms in total. The summed E-state index contributed by atoms with van der Waals surface area (Å²) in [4.78, 5) is 9.27. The summed E-state index contributed by atoms with van der Waals surface area (Å²) in [5.41, 5.74) is 0. The fourth-order valence-corrected chi connectivity index (χ4v) is 0.306. The van der Waals surface area contributed by atoms with E-state index in [-0.39, 0.29) is 11.6 Å². The molecule has 0 saturated heterocycles. The quantitative estimate of drug-likeness (QED) is 0.701. The molecule has 0 unspecified atom stereocenters. The van der Waals surface area contributed by atoms with E-state index in [4.69, 9.17) is 0 Å². The van der Waals surface area contributed by atoms with Crippen molar-refractivity contribution in [2.75, 3.05) is 0 Å². The van der Waals surface area contributed by atoms with Crippen molar-refractivity contribution < 1.29 is 46.1 Å². The smallest absolute Gasteiger partial charge is 0.460 e. The predicted octanol–water partition coefficient (Wildman–Crippen LogP) is 0.121. The minimum absolute atomic E-state index is 0. The molecule has 0 saturated carbocycles. The van der Waals surface area contributed by atoms with E-state index >= 15 is 0 Å². The molecule has 0 aromatic carbocycles.